The van der Waals surface area contributed by atoms with Gasteiger partial charge in [0, 0.05) is 25.4 Å². The first-order chi connectivity index (χ1) is 13.0. The molecule has 0 unspecified atom stereocenters. The third-order valence-corrected chi connectivity index (χ3v) is 4.96. The molecular formula is C20H22F2N2O3. The van der Waals surface area contributed by atoms with Crippen molar-refractivity contribution in [3.63, 3.8) is 0 Å². The largest absolute Gasteiger partial charge is 0.491 e. The Morgan fingerprint density at radius 2 is 2.11 bits per heavy atom. The molecule has 0 spiro atoms. The van der Waals surface area contributed by atoms with Crippen molar-refractivity contribution in [1.82, 2.24) is 9.88 Å². The molecular weight excluding hydrogens is 354 g/mol. The molecule has 1 aliphatic heterocycles. The van der Waals surface area contributed by atoms with Crippen molar-refractivity contribution in [2.24, 2.45) is 5.92 Å². The molecule has 0 radical (unpaired) electrons. The van der Waals surface area contributed by atoms with E-state index in [1.807, 2.05) is 0 Å². The van der Waals surface area contributed by atoms with Gasteiger partial charge >= 0.3 is 0 Å². The summed E-state index contributed by atoms with van der Waals surface area (Å²) < 4.78 is 31.3. The number of nitrogens with zero attached hydrogens (tertiary/aromatic N) is 1. The van der Waals surface area contributed by atoms with Crippen LogP contribution in [0, 0.1) is 17.6 Å². The number of carbonyl (C=O) groups is 1. The van der Waals surface area contributed by atoms with Gasteiger partial charge in [-0.05, 0) is 49.3 Å². The molecule has 1 N–H and O–H groups in total. The molecule has 144 valence electrons. The van der Waals surface area contributed by atoms with E-state index < -0.39 is 11.6 Å². The number of benzene rings is 1. The van der Waals surface area contributed by atoms with Gasteiger partial charge in [-0.3, -0.25) is 9.59 Å². The van der Waals surface area contributed by atoms with E-state index in [4.69, 9.17) is 4.74 Å². The highest BCUT2D eigenvalue weighted by molar-refractivity contribution is 5.92. The molecule has 7 heteroatoms. The molecule has 1 atom stereocenters. The van der Waals surface area contributed by atoms with E-state index in [2.05, 4.69) is 4.98 Å². The minimum absolute atomic E-state index is 0.162. The van der Waals surface area contributed by atoms with E-state index in [1.165, 1.54) is 25.4 Å². The van der Waals surface area contributed by atoms with Crippen LogP contribution in [0.2, 0.25) is 0 Å². The number of ether oxygens (including phenoxy) is 1. The zero-order valence-electron chi connectivity index (χ0n) is 15.1. The maximum absolute atomic E-state index is 13.3. The molecule has 2 heterocycles. The first kappa shape index (κ1) is 19.1. The number of piperidine rings is 1. The van der Waals surface area contributed by atoms with Crippen LogP contribution in [0.3, 0.4) is 0 Å². The fourth-order valence-electron chi connectivity index (χ4n) is 3.46. The van der Waals surface area contributed by atoms with Gasteiger partial charge in [0.1, 0.15) is 5.69 Å². The molecule has 0 aliphatic carbocycles. The van der Waals surface area contributed by atoms with Crippen LogP contribution in [0.15, 0.2) is 35.3 Å². The molecule has 0 saturated carbocycles. The number of nitrogens with one attached hydrogen (secondary N) is 1. The lowest BCUT2D eigenvalue weighted by atomic mass is 9.91. The van der Waals surface area contributed by atoms with Crippen molar-refractivity contribution in [2.45, 2.75) is 25.7 Å². The summed E-state index contributed by atoms with van der Waals surface area (Å²) in [4.78, 5) is 29.1. The molecule has 1 aromatic carbocycles. The predicted octanol–water partition coefficient (Wildman–Crippen LogP) is 3.15. The Kier molecular flexibility index (Phi) is 5.88. The van der Waals surface area contributed by atoms with E-state index in [-0.39, 0.29) is 28.7 Å². The van der Waals surface area contributed by atoms with Crippen LogP contribution in [0.25, 0.3) is 0 Å². The summed E-state index contributed by atoms with van der Waals surface area (Å²) in [6.45, 7) is 1.21. The van der Waals surface area contributed by atoms with Crippen LogP contribution < -0.4 is 10.2 Å². The van der Waals surface area contributed by atoms with Crippen molar-refractivity contribution in [3.8, 4) is 5.75 Å². The standard InChI is InChI=1S/C20H22F2N2O3/c1-27-19-11-23-17(10-18(19)25)20(26)24-8-2-3-14(12-24)5-4-13-6-7-15(21)16(22)9-13/h6-7,9-11,14H,2-5,8,12H2,1H3,(H,23,25)/t14-/m0/s1. The number of methoxy groups -OCH3 is 1. The molecule has 1 aliphatic rings. The van der Waals surface area contributed by atoms with E-state index in [0.29, 0.717) is 19.5 Å². The van der Waals surface area contributed by atoms with Crippen molar-refractivity contribution < 1.29 is 18.3 Å². The molecule has 5 nitrogen and oxygen atoms in total. The lowest BCUT2D eigenvalue weighted by Crippen LogP contribution is -2.40. The first-order valence-corrected chi connectivity index (χ1v) is 8.98. The van der Waals surface area contributed by atoms with Crippen molar-refractivity contribution in [1.29, 1.82) is 0 Å². The van der Waals surface area contributed by atoms with Crippen molar-refractivity contribution in [2.75, 3.05) is 20.2 Å². The average Bonchev–Trinajstić information content (AvgIpc) is 2.68. The van der Waals surface area contributed by atoms with Crippen LogP contribution in [-0.2, 0) is 6.42 Å². The Bertz CT molecular complexity index is 882. The highest BCUT2D eigenvalue weighted by Crippen LogP contribution is 2.23. The lowest BCUT2D eigenvalue weighted by molar-refractivity contribution is 0.0662. The Morgan fingerprint density at radius 3 is 2.81 bits per heavy atom. The van der Waals surface area contributed by atoms with Crippen LogP contribution in [0.4, 0.5) is 8.78 Å². The predicted molar refractivity (Wildman–Crippen MR) is 96.9 cm³/mol. The average molecular weight is 376 g/mol. The van der Waals surface area contributed by atoms with Gasteiger partial charge < -0.3 is 14.6 Å². The van der Waals surface area contributed by atoms with Crippen LogP contribution >= 0.6 is 0 Å². The van der Waals surface area contributed by atoms with Crippen molar-refractivity contribution in [3.05, 3.63) is 63.6 Å². The topological polar surface area (TPSA) is 62.4 Å². The molecule has 1 fully saturated rings. The number of H-pyrrole nitrogens is 1. The number of hydrogen-bond acceptors (Lipinski definition) is 3. The van der Waals surface area contributed by atoms with E-state index in [0.717, 1.165) is 30.9 Å². The van der Waals surface area contributed by atoms with Crippen molar-refractivity contribution >= 4 is 5.91 Å². The van der Waals surface area contributed by atoms with Crippen LogP contribution in [0.5, 0.6) is 5.75 Å². The number of amides is 1. The van der Waals surface area contributed by atoms with Gasteiger partial charge in [0.25, 0.3) is 5.91 Å². The number of aromatic nitrogens is 1. The summed E-state index contributed by atoms with van der Waals surface area (Å²) in [5.41, 5.74) is 0.644. The van der Waals surface area contributed by atoms with E-state index in [1.54, 1.807) is 11.0 Å². The number of carbonyl (C=O) groups excluding carboxylic acids is 1. The number of aromatic amines is 1. The van der Waals surface area contributed by atoms with E-state index >= 15 is 0 Å². The molecule has 0 bridgehead atoms. The van der Waals surface area contributed by atoms with Crippen LogP contribution in [-0.4, -0.2) is 36.0 Å². The first-order valence-electron chi connectivity index (χ1n) is 8.98. The van der Waals surface area contributed by atoms with Gasteiger partial charge in [-0.2, -0.15) is 0 Å². The maximum atomic E-state index is 13.3. The number of aryl methyl sites for hydroxylation is 1. The second-order valence-electron chi connectivity index (χ2n) is 6.83. The van der Waals surface area contributed by atoms with Crippen LogP contribution in [0.1, 0.15) is 35.3 Å². The number of likely N-dealkylation sites (tertiary alicyclic amines) is 1. The van der Waals surface area contributed by atoms with Gasteiger partial charge in [0.05, 0.1) is 7.11 Å². The summed E-state index contributed by atoms with van der Waals surface area (Å²) in [5.74, 6) is -1.46. The monoisotopic (exact) mass is 376 g/mol. The summed E-state index contributed by atoms with van der Waals surface area (Å²) >= 11 is 0. The maximum Gasteiger partial charge on any atom is 0.270 e. The zero-order valence-corrected chi connectivity index (χ0v) is 15.1. The molecule has 1 aromatic heterocycles. The fourth-order valence-corrected chi connectivity index (χ4v) is 3.46. The van der Waals surface area contributed by atoms with Gasteiger partial charge in [-0.25, -0.2) is 8.78 Å². The highest BCUT2D eigenvalue weighted by atomic mass is 19.2. The molecule has 1 amide bonds. The second kappa shape index (κ2) is 8.33. The number of halogens is 2. The number of hydrogen-bond donors (Lipinski definition) is 1. The third-order valence-electron chi connectivity index (χ3n) is 4.96. The van der Waals surface area contributed by atoms with Gasteiger partial charge in [0.2, 0.25) is 5.43 Å². The Hall–Kier alpha value is -2.70. The molecule has 3 rings (SSSR count). The SMILES string of the molecule is COc1c[nH]c(C(=O)N2CCC[C@@H](CCc3ccc(F)c(F)c3)C2)cc1=O. The minimum Gasteiger partial charge on any atom is -0.491 e. The minimum atomic E-state index is -0.846. The van der Waals surface area contributed by atoms with Gasteiger partial charge in [-0.15, -0.1) is 0 Å². The molecule has 1 saturated heterocycles. The zero-order chi connectivity index (χ0) is 19.4. The lowest BCUT2D eigenvalue weighted by Gasteiger charge is -2.32. The summed E-state index contributed by atoms with van der Waals surface area (Å²) in [7, 11) is 1.40. The highest BCUT2D eigenvalue weighted by Gasteiger charge is 2.25. The third kappa shape index (κ3) is 4.53. The Labute approximate surface area is 156 Å². The summed E-state index contributed by atoms with van der Waals surface area (Å²) in [6, 6.07) is 5.21. The quantitative estimate of drug-likeness (QED) is 0.872. The Morgan fingerprint density at radius 1 is 1.30 bits per heavy atom. The smallest absolute Gasteiger partial charge is 0.270 e. The fraction of sp³-hybridized carbons (Fsp3) is 0.400. The second-order valence-corrected chi connectivity index (χ2v) is 6.83. The summed E-state index contributed by atoms with van der Waals surface area (Å²) in [5, 5.41) is 0. The number of pyridine rings is 1. The van der Waals surface area contributed by atoms with E-state index in [9.17, 15) is 18.4 Å². The van der Waals surface area contributed by atoms with Gasteiger partial charge in [0.15, 0.2) is 17.4 Å². The normalized spacial score (nSPS) is 17.0. The van der Waals surface area contributed by atoms with Gasteiger partial charge in [-0.1, -0.05) is 6.07 Å². The molecule has 27 heavy (non-hydrogen) atoms. The molecule has 2 aromatic rings. The Balaban J connectivity index is 1.61. The number of rotatable bonds is 5. The summed E-state index contributed by atoms with van der Waals surface area (Å²) in [6.07, 6.45) is 4.65.